The van der Waals surface area contributed by atoms with E-state index in [9.17, 15) is 27.2 Å². The van der Waals surface area contributed by atoms with Gasteiger partial charge in [-0.2, -0.15) is 13.2 Å². The lowest BCUT2D eigenvalue weighted by molar-refractivity contribution is -0.154. The van der Waals surface area contributed by atoms with Crippen LogP contribution in [0.2, 0.25) is 0 Å². The summed E-state index contributed by atoms with van der Waals surface area (Å²) in [6.45, 7) is -0.501. The van der Waals surface area contributed by atoms with Crippen LogP contribution in [0.25, 0.3) is 22.1 Å². The minimum absolute atomic E-state index is 0.0109. The fraction of sp³-hybridized carbons (Fsp3) is 0.0667. The van der Waals surface area contributed by atoms with Crippen molar-refractivity contribution in [2.45, 2.75) is 6.18 Å². The van der Waals surface area contributed by atoms with E-state index in [-0.39, 0.29) is 16.9 Å². The van der Waals surface area contributed by atoms with Crippen LogP contribution in [0.15, 0.2) is 106 Å². The maximum atomic E-state index is 13.9. The second-order valence-corrected chi connectivity index (χ2v) is 8.58. The second kappa shape index (κ2) is 10.9. The summed E-state index contributed by atoms with van der Waals surface area (Å²) in [7, 11) is 0. The SMILES string of the molecule is O=C(COc1ccc2c(=O)c(Oc3ccc(-c4ccccc4)cc3)c(C(F)(F)F)oc2c1)Nc1ccc(F)cc1. The van der Waals surface area contributed by atoms with Gasteiger partial charge >= 0.3 is 6.18 Å². The van der Waals surface area contributed by atoms with E-state index in [1.807, 2.05) is 30.3 Å². The highest BCUT2D eigenvalue weighted by Gasteiger charge is 2.40. The van der Waals surface area contributed by atoms with Gasteiger partial charge in [0.2, 0.25) is 11.2 Å². The van der Waals surface area contributed by atoms with Crippen molar-refractivity contribution in [3.63, 3.8) is 0 Å². The molecule has 1 heterocycles. The second-order valence-electron chi connectivity index (χ2n) is 8.58. The van der Waals surface area contributed by atoms with E-state index in [0.717, 1.165) is 29.3 Å². The van der Waals surface area contributed by atoms with Crippen LogP contribution in [0.3, 0.4) is 0 Å². The quantitative estimate of drug-likeness (QED) is 0.214. The first-order valence-corrected chi connectivity index (χ1v) is 11.9. The minimum Gasteiger partial charge on any atom is -0.484 e. The molecule has 0 aliphatic rings. The van der Waals surface area contributed by atoms with Gasteiger partial charge in [-0.3, -0.25) is 9.59 Å². The molecule has 5 rings (SSSR count). The summed E-state index contributed by atoms with van der Waals surface area (Å²) in [5.74, 6) is -3.67. The lowest BCUT2D eigenvalue weighted by atomic mass is 10.1. The molecule has 0 spiro atoms. The maximum absolute atomic E-state index is 13.9. The summed E-state index contributed by atoms with van der Waals surface area (Å²) in [4.78, 5) is 25.2. The average molecular weight is 549 g/mol. The Kier molecular flexibility index (Phi) is 7.24. The van der Waals surface area contributed by atoms with Crippen LogP contribution >= 0.6 is 0 Å². The zero-order valence-electron chi connectivity index (χ0n) is 20.5. The molecule has 1 N–H and O–H groups in total. The van der Waals surface area contributed by atoms with Crippen molar-refractivity contribution in [3.05, 3.63) is 119 Å². The normalized spacial score (nSPS) is 11.3. The number of fused-ring (bicyclic) bond motifs is 1. The highest BCUT2D eigenvalue weighted by molar-refractivity contribution is 5.92. The minimum atomic E-state index is -5.04. The standard InChI is InChI=1S/C30H19F4NO5/c31-20-8-10-21(11-9-20)35-26(36)17-38-23-14-15-24-25(16-23)40-29(30(32,33)34)28(27(24)37)39-22-12-6-19(7-13-22)18-4-2-1-3-5-18/h1-16H,17H2,(H,35,36). The molecule has 0 aliphatic carbocycles. The van der Waals surface area contributed by atoms with Crippen molar-refractivity contribution < 1.29 is 36.2 Å². The van der Waals surface area contributed by atoms with Crippen LogP contribution in [0.5, 0.6) is 17.2 Å². The molecule has 0 saturated heterocycles. The van der Waals surface area contributed by atoms with Gasteiger partial charge in [0.1, 0.15) is 22.9 Å². The zero-order valence-corrected chi connectivity index (χ0v) is 20.5. The number of nitrogens with one attached hydrogen (secondary N) is 1. The van der Waals surface area contributed by atoms with Crippen LogP contribution in [0.1, 0.15) is 5.76 Å². The van der Waals surface area contributed by atoms with Crippen molar-refractivity contribution in [1.82, 2.24) is 0 Å². The number of amides is 1. The monoisotopic (exact) mass is 549 g/mol. The molecule has 5 aromatic rings. The number of rotatable bonds is 7. The predicted octanol–water partition coefficient (Wildman–Crippen LogP) is 7.43. The molecule has 4 aromatic carbocycles. The summed E-state index contributed by atoms with van der Waals surface area (Å²) in [6.07, 6.45) is -5.04. The molecule has 0 bridgehead atoms. The number of benzene rings is 4. The third-order valence-corrected chi connectivity index (χ3v) is 5.76. The van der Waals surface area contributed by atoms with Crippen molar-refractivity contribution in [1.29, 1.82) is 0 Å². The Balaban J connectivity index is 1.38. The lowest BCUT2D eigenvalue weighted by Crippen LogP contribution is -2.20. The Labute approximate surface area is 224 Å². The molecule has 0 aliphatic heterocycles. The molecule has 0 atom stereocenters. The van der Waals surface area contributed by atoms with Crippen molar-refractivity contribution >= 4 is 22.6 Å². The predicted molar refractivity (Wildman–Crippen MR) is 140 cm³/mol. The Bertz CT molecular complexity index is 1720. The van der Waals surface area contributed by atoms with E-state index >= 15 is 0 Å². The molecule has 202 valence electrons. The highest BCUT2D eigenvalue weighted by Crippen LogP contribution is 2.39. The third-order valence-electron chi connectivity index (χ3n) is 5.76. The van der Waals surface area contributed by atoms with Crippen LogP contribution in [-0.2, 0) is 11.0 Å². The number of hydrogen-bond acceptors (Lipinski definition) is 5. The van der Waals surface area contributed by atoms with Crippen LogP contribution in [0.4, 0.5) is 23.2 Å². The van der Waals surface area contributed by atoms with E-state index < -0.39 is 47.0 Å². The van der Waals surface area contributed by atoms with Crippen LogP contribution in [0, 0.1) is 5.82 Å². The summed E-state index contributed by atoms with van der Waals surface area (Å²) in [5, 5.41) is 2.31. The van der Waals surface area contributed by atoms with Crippen molar-refractivity contribution in [2.24, 2.45) is 0 Å². The topological polar surface area (TPSA) is 77.8 Å². The number of halogens is 4. The maximum Gasteiger partial charge on any atom is 0.453 e. The van der Waals surface area contributed by atoms with E-state index in [1.165, 1.54) is 36.4 Å². The number of alkyl halides is 3. The van der Waals surface area contributed by atoms with E-state index in [2.05, 4.69) is 5.32 Å². The van der Waals surface area contributed by atoms with E-state index in [1.54, 1.807) is 12.1 Å². The molecular weight excluding hydrogens is 530 g/mol. The molecule has 6 nitrogen and oxygen atoms in total. The number of hydrogen-bond donors (Lipinski definition) is 1. The Morgan fingerprint density at radius 1 is 0.825 bits per heavy atom. The van der Waals surface area contributed by atoms with Crippen LogP contribution < -0.4 is 20.2 Å². The molecule has 10 heteroatoms. The molecule has 40 heavy (non-hydrogen) atoms. The van der Waals surface area contributed by atoms with Gasteiger partial charge in [-0.15, -0.1) is 0 Å². The van der Waals surface area contributed by atoms with Gasteiger partial charge in [0.25, 0.3) is 11.7 Å². The van der Waals surface area contributed by atoms with Gasteiger partial charge in [-0.05, 0) is 59.7 Å². The highest BCUT2D eigenvalue weighted by atomic mass is 19.4. The van der Waals surface area contributed by atoms with Gasteiger partial charge in [0, 0.05) is 11.8 Å². The molecule has 1 aromatic heterocycles. The number of carbonyl (C=O) groups excluding carboxylic acids is 1. The Morgan fingerprint density at radius 2 is 1.48 bits per heavy atom. The Morgan fingerprint density at radius 3 is 2.15 bits per heavy atom. The first-order chi connectivity index (χ1) is 19.2. The number of ether oxygens (including phenoxy) is 2. The van der Waals surface area contributed by atoms with Gasteiger partial charge in [-0.1, -0.05) is 42.5 Å². The largest absolute Gasteiger partial charge is 0.484 e. The molecule has 0 fully saturated rings. The molecule has 0 unspecified atom stereocenters. The van der Waals surface area contributed by atoms with Crippen molar-refractivity contribution in [3.8, 4) is 28.4 Å². The van der Waals surface area contributed by atoms with Crippen LogP contribution in [-0.4, -0.2) is 12.5 Å². The van der Waals surface area contributed by atoms with Crippen molar-refractivity contribution in [2.75, 3.05) is 11.9 Å². The van der Waals surface area contributed by atoms with Gasteiger partial charge in [0.15, 0.2) is 6.61 Å². The summed E-state index contributed by atoms with van der Waals surface area (Å²) in [5.41, 5.74) is 0.619. The lowest BCUT2D eigenvalue weighted by Gasteiger charge is -2.14. The molecule has 0 saturated carbocycles. The average Bonchev–Trinajstić information content (AvgIpc) is 2.95. The summed E-state index contributed by atoms with van der Waals surface area (Å²) in [6, 6.07) is 24.2. The summed E-state index contributed by atoms with van der Waals surface area (Å²) >= 11 is 0. The zero-order chi connectivity index (χ0) is 28.3. The summed E-state index contributed by atoms with van der Waals surface area (Å²) < 4.78 is 70.6. The first-order valence-electron chi connectivity index (χ1n) is 11.9. The fourth-order valence-electron chi connectivity index (χ4n) is 3.87. The van der Waals surface area contributed by atoms with E-state index in [4.69, 9.17) is 13.9 Å². The van der Waals surface area contributed by atoms with Gasteiger partial charge in [0.05, 0.1) is 5.39 Å². The molecular formula is C30H19F4NO5. The third kappa shape index (κ3) is 5.96. The molecule has 1 amide bonds. The number of anilines is 1. The van der Waals surface area contributed by atoms with E-state index in [0.29, 0.717) is 5.69 Å². The van der Waals surface area contributed by atoms with Gasteiger partial charge < -0.3 is 19.2 Å². The first kappa shape index (κ1) is 26.5. The molecule has 0 radical (unpaired) electrons. The fourth-order valence-corrected chi connectivity index (χ4v) is 3.87. The number of carbonyl (C=O) groups is 1. The smallest absolute Gasteiger partial charge is 0.453 e. The Hall–Kier alpha value is -5.12. The van der Waals surface area contributed by atoms with Gasteiger partial charge in [-0.25, -0.2) is 4.39 Å².